The third-order valence-corrected chi connectivity index (χ3v) is 6.17. The molecule has 1 unspecified atom stereocenters. The normalized spacial score (nSPS) is 15.1. The first-order chi connectivity index (χ1) is 18.0. The molecule has 0 amide bonds. The number of nitro benzene ring substituents is 1. The molecule has 1 aliphatic heterocycles. The van der Waals surface area contributed by atoms with E-state index in [1.165, 1.54) is 0 Å². The van der Waals surface area contributed by atoms with E-state index in [0.29, 0.717) is 10.5 Å². The van der Waals surface area contributed by atoms with Gasteiger partial charge in [-0.2, -0.15) is 5.26 Å². The molecule has 1 heterocycles. The number of ether oxygens (including phenoxy) is 3. The highest BCUT2D eigenvalue weighted by molar-refractivity contribution is 9.10. The van der Waals surface area contributed by atoms with E-state index in [9.17, 15) is 29.8 Å². The topological polar surface area (TPSA) is 175 Å². The van der Waals surface area contributed by atoms with Gasteiger partial charge in [-0.1, -0.05) is 30.3 Å². The third kappa shape index (κ3) is 4.55. The molecule has 3 rings (SSSR count). The van der Waals surface area contributed by atoms with Gasteiger partial charge in [-0.25, -0.2) is 18.8 Å². The van der Waals surface area contributed by atoms with Gasteiger partial charge >= 0.3 is 17.9 Å². The predicted molar refractivity (Wildman–Crippen MR) is 132 cm³/mol. The number of allylic oxidation sites excluding steroid dienone is 1. The molecule has 0 bridgehead atoms. The van der Waals surface area contributed by atoms with Crippen molar-refractivity contribution in [2.75, 3.05) is 26.2 Å². The summed E-state index contributed by atoms with van der Waals surface area (Å²) in [5.74, 6) is -6.94. The maximum Gasteiger partial charge on any atom is 0.355 e. The number of nitrogens with zero attached hydrogens (tertiary/aromatic N) is 3. The number of anilines is 1. The van der Waals surface area contributed by atoms with Gasteiger partial charge in [-0.3, -0.25) is 15.0 Å². The SMILES string of the molecule is COC(=O)C1=C(C(=O)OC)N(c2c([N+](=O)[O-])cc(Br)c(F)c2C(=O)OC)C(N)=C(C#N)C1c1ccccc1. The number of nitriles is 1. The minimum absolute atomic E-state index is 0.332. The number of halogens is 2. The quantitative estimate of drug-likeness (QED) is 0.227. The summed E-state index contributed by atoms with van der Waals surface area (Å²) >= 11 is 2.83. The van der Waals surface area contributed by atoms with Gasteiger partial charge in [0.2, 0.25) is 0 Å². The second-order valence-corrected chi connectivity index (χ2v) is 8.35. The fourth-order valence-electron chi connectivity index (χ4n) is 4.00. The number of benzene rings is 2. The molecule has 14 heteroatoms. The van der Waals surface area contributed by atoms with E-state index in [-0.39, 0.29) is 5.57 Å². The lowest BCUT2D eigenvalue weighted by Gasteiger charge is -2.36. The van der Waals surface area contributed by atoms with Gasteiger partial charge in [0.25, 0.3) is 5.69 Å². The van der Waals surface area contributed by atoms with E-state index in [4.69, 9.17) is 15.2 Å². The molecule has 2 N–H and O–H groups in total. The van der Waals surface area contributed by atoms with Crippen LogP contribution >= 0.6 is 15.9 Å². The molecule has 196 valence electrons. The molecule has 1 aliphatic rings. The zero-order chi connectivity index (χ0) is 28.3. The first-order valence-electron chi connectivity index (χ1n) is 10.5. The van der Waals surface area contributed by atoms with Crippen LogP contribution in [0.15, 0.2) is 63.5 Å². The van der Waals surface area contributed by atoms with E-state index < -0.39 is 73.1 Å². The van der Waals surface area contributed by atoms with Crippen molar-refractivity contribution in [3.05, 3.63) is 90.6 Å². The number of esters is 3. The second kappa shape index (κ2) is 11.1. The molecule has 2 aromatic rings. The van der Waals surface area contributed by atoms with E-state index in [1.807, 2.05) is 6.07 Å². The van der Waals surface area contributed by atoms with E-state index in [0.717, 1.165) is 27.4 Å². The molecule has 12 nitrogen and oxygen atoms in total. The number of nitrogens with two attached hydrogens (primary N) is 1. The van der Waals surface area contributed by atoms with Gasteiger partial charge in [0, 0.05) is 6.07 Å². The molecule has 0 saturated carbocycles. The lowest BCUT2D eigenvalue weighted by Crippen LogP contribution is -2.41. The summed E-state index contributed by atoms with van der Waals surface area (Å²) in [4.78, 5) is 50.7. The van der Waals surface area contributed by atoms with Crippen molar-refractivity contribution in [1.82, 2.24) is 0 Å². The minimum Gasteiger partial charge on any atom is -0.466 e. The third-order valence-electron chi connectivity index (χ3n) is 5.59. The molecular weight excluding hydrogens is 571 g/mol. The Labute approximate surface area is 222 Å². The maximum atomic E-state index is 15.3. The van der Waals surface area contributed by atoms with E-state index in [1.54, 1.807) is 30.3 Å². The molecule has 38 heavy (non-hydrogen) atoms. The number of carbonyl (C=O) groups excluding carboxylic acids is 3. The number of rotatable bonds is 6. The van der Waals surface area contributed by atoms with Gasteiger partial charge in [0.1, 0.15) is 22.8 Å². The van der Waals surface area contributed by atoms with Crippen molar-refractivity contribution < 1.29 is 37.9 Å². The van der Waals surface area contributed by atoms with Crippen molar-refractivity contribution in [3.63, 3.8) is 0 Å². The summed E-state index contributed by atoms with van der Waals surface area (Å²) in [6.45, 7) is 0. The molecule has 0 aromatic heterocycles. The Morgan fingerprint density at radius 2 is 1.68 bits per heavy atom. The Morgan fingerprint density at radius 1 is 1.11 bits per heavy atom. The van der Waals surface area contributed by atoms with Crippen LogP contribution in [0.2, 0.25) is 0 Å². The van der Waals surface area contributed by atoms with Crippen molar-refractivity contribution in [2.24, 2.45) is 5.73 Å². The van der Waals surface area contributed by atoms with Crippen molar-refractivity contribution >= 4 is 45.2 Å². The van der Waals surface area contributed by atoms with Gasteiger partial charge in [0.15, 0.2) is 5.82 Å². The predicted octanol–water partition coefficient (Wildman–Crippen LogP) is 3.18. The minimum atomic E-state index is -1.37. The Morgan fingerprint density at radius 3 is 2.18 bits per heavy atom. The van der Waals surface area contributed by atoms with Crippen molar-refractivity contribution in [2.45, 2.75) is 5.92 Å². The molecule has 0 radical (unpaired) electrons. The number of carbonyl (C=O) groups is 3. The zero-order valence-corrected chi connectivity index (χ0v) is 21.6. The molecule has 2 aromatic carbocycles. The van der Waals surface area contributed by atoms with Gasteiger partial charge < -0.3 is 19.9 Å². The molecular formula is C24H18BrFN4O8. The number of methoxy groups -OCH3 is 3. The monoisotopic (exact) mass is 588 g/mol. The highest BCUT2D eigenvalue weighted by atomic mass is 79.9. The first-order valence-corrected chi connectivity index (χ1v) is 11.2. The summed E-state index contributed by atoms with van der Waals surface area (Å²) in [6.07, 6.45) is 0. The molecule has 0 aliphatic carbocycles. The number of nitro groups is 1. The summed E-state index contributed by atoms with van der Waals surface area (Å²) in [5, 5.41) is 22.2. The largest absolute Gasteiger partial charge is 0.466 e. The van der Waals surface area contributed by atoms with Crippen LogP contribution < -0.4 is 10.6 Å². The smallest absolute Gasteiger partial charge is 0.355 e. The van der Waals surface area contributed by atoms with Gasteiger partial charge in [-0.15, -0.1) is 0 Å². The van der Waals surface area contributed by atoms with E-state index >= 15 is 4.39 Å². The second-order valence-electron chi connectivity index (χ2n) is 7.50. The summed E-state index contributed by atoms with van der Waals surface area (Å²) in [6, 6.07) is 10.5. The maximum absolute atomic E-state index is 15.3. The van der Waals surface area contributed by atoms with Gasteiger partial charge in [-0.05, 0) is 21.5 Å². The van der Waals surface area contributed by atoms with Crippen LogP contribution in [0.5, 0.6) is 0 Å². The standard InChI is InChI=1S/C24H18BrFN4O8/c1-36-22(31)16-15(11-7-5-4-6-8-11)12(10-27)21(28)29(20(16)24(33)38-3)19-14(30(34)35)9-13(25)18(26)17(19)23(32)37-2/h4-9,15H,28H2,1-3H3. The Bertz CT molecular complexity index is 1470. The average Bonchev–Trinajstić information content (AvgIpc) is 2.92. The van der Waals surface area contributed by atoms with Crippen molar-refractivity contribution in [1.29, 1.82) is 5.26 Å². The fraction of sp³-hybridized carbons (Fsp3) is 0.167. The lowest BCUT2D eigenvalue weighted by molar-refractivity contribution is -0.384. The molecule has 0 saturated heterocycles. The highest BCUT2D eigenvalue weighted by Gasteiger charge is 2.46. The van der Waals surface area contributed by atoms with Crippen molar-refractivity contribution in [3.8, 4) is 6.07 Å². The van der Waals surface area contributed by atoms with Crippen LogP contribution in [0.3, 0.4) is 0 Å². The summed E-state index contributed by atoms with van der Waals surface area (Å²) in [5.41, 5.74) is 2.29. The zero-order valence-electron chi connectivity index (χ0n) is 20.0. The lowest BCUT2D eigenvalue weighted by atomic mass is 9.80. The van der Waals surface area contributed by atoms with Crippen LogP contribution in [0.25, 0.3) is 0 Å². The van der Waals surface area contributed by atoms with E-state index in [2.05, 4.69) is 20.7 Å². The molecule has 0 fully saturated rings. The van der Waals surface area contributed by atoms with Crippen LogP contribution in [0, 0.1) is 27.3 Å². The van der Waals surface area contributed by atoms with Crippen LogP contribution in [-0.4, -0.2) is 44.2 Å². The first kappa shape index (κ1) is 27.8. The highest BCUT2D eigenvalue weighted by Crippen LogP contribution is 2.47. The van der Waals surface area contributed by atoms with Crippen LogP contribution in [0.1, 0.15) is 21.8 Å². The molecule has 0 spiro atoms. The number of hydrogen-bond acceptors (Lipinski definition) is 11. The van der Waals surface area contributed by atoms with Crippen LogP contribution in [-0.2, 0) is 23.8 Å². The summed E-state index contributed by atoms with van der Waals surface area (Å²) in [7, 11) is 2.86. The fourth-order valence-corrected chi connectivity index (χ4v) is 4.42. The summed E-state index contributed by atoms with van der Waals surface area (Å²) < 4.78 is 29.2. The Kier molecular flexibility index (Phi) is 8.12. The Balaban J connectivity index is 2.64. The number of hydrogen-bond donors (Lipinski definition) is 1. The Hall–Kier alpha value is -4.77. The van der Waals surface area contributed by atoms with Gasteiger partial charge in [0.05, 0.1) is 53.9 Å². The van der Waals surface area contributed by atoms with Crippen LogP contribution in [0.4, 0.5) is 15.8 Å². The molecule has 1 atom stereocenters. The average molecular weight is 589 g/mol.